The molecule has 22 valence electrons. The molecule has 4 heavy (non-hydrogen) atoms. The van der Waals surface area contributed by atoms with Crippen LogP contribution in [0.3, 0.4) is 0 Å². The van der Waals surface area contributed by atoms with Crippen molar-refractivity contribution in [2.45, 2.75) is 0 Å². The Morgan fingerprint density at radius 2 is 1.00 bits per heavy atom. The monoisotopic (exact) mass is 112 g/mol. The van der Waals surface area contributed by atoms with Gasteiger partial charge in [0, 0.05) is 0 Å². The molecule has 0 N–H and O–H groups in total. The van der Waals surface area contributed by atoms with Crippen LogP contribution in [-0.4, -0.2) is 12.5 Å². The zero-order valence-corrected chi connectivity index (χ0v) is 4.40. The minimum absolute atomic E-state index is 1.92. The van der Waals surface area contributed by atoms with Crippen molar-refractivity contribution in [1.82, 2.24) is 0 Å². The molecular weight excluding hydrogens is 113 g/mol. The summed E-state index contributed by atoms with van der Waals surface area (Å²) in [6, 6.07) is 0. The van der Waals surface area contributed by atoms with Crippen molar-refractivity contribution >= 4 is 41.9 Å². The first kappa shape index (κ1) is 5.47. The van der Waals surface area contributed by atoms with Crippen LogP contribution in [0.5, 0.6) is 0 Å². The molecular formula is Cl3Li. The van der Waals surface area contributed by atoms with Crippen LogP contribution in [-0.2, 0) is 0 Å². The average Bonchev–Trinajstić information content (AvgIpc) is 0.811. The van der Waals surface area contributed by atoms with E-state index in [-0.39, 0.29) is 0 Å². The SMILES string of the molecule is [Cl][Li]([Cl])[Cl]. The molecule has 0 saturated carbocycles. The fourth-order valence-electron chi connectivity index (χ4n) is 0. The summed E-state index contributed by atoms with van der Waals surface area (Å²) < 4.78 is 0. The predicted octanol–water partition coefficient (Wildman–Crippen LogP) is 1.69. The number of hydrogen-bond acceptors (Lipinski definition) is 0. The molecule has 0 aliphatic heterocycles. The molecule has 0 spiro atoms. The quantitative estimate of drug-likeness (QED) is 0.419. The summed E-state index contributed by atoms with van der Waals surface area (Å²) in [5.74, 6) is 0. The van der Waals surface area contributed by atoms with E-state index in [1.165, 1.54) is 0 Å². The Labute approximate surface area is 41.9 Å². The topological polar surface area (TPSA) is 0 Å². The third kappa shape index (κ3) is 9.80. The van der Waals surface area contributed by atoms with Crippen LogP contribution in [0.4, 0.5) is 0 Å². The normalized spacial score (nSPS) is 9.00. The van der Waals surface area contributed by atoms with E-state index >= 15 is 0 Å². The third-order valence-electron chi connectivity index (χ3n) is 0. The second-order valence-corrected chi connectivity index (χ2v) is 3.86. The molecule has 0 nitrogen and oxygen atoms in total. The van der Waals surface area contributed by atoms with Gasteiger partial charge in [-0.3, -0.25) is 0 Å². The first-order chi connectivity index (χ1) is 1.73. The first-order valence-electron chi connectivity index (χ1n) is 1.13. The van der Waals surface area contributed by atoms with E-state index in [0.29, 0.717) is 0 Å². The molecule has 0 aromatic rings. The molecule has 0 heterocycles. The van der Waals surface area contributed by atoms with Gasteiger partial charge in [0.15, 0.2) is 0 Å². The summed E-state index contributed by atoms with van der Waals surface area (Å²) in [5, 5.41) is 0. The van der Waals surface area contributed by atoms with Gasteiger partial charge >= 0.3 is 41.9 Å². The van der Waals surface area contributed by atoms with Crippen LogP contribution in [0.25, 0.3) is 0 Å². The van der Waals surface area contributed by atoms with Gasteiger partial charge in [-0.05, 0) is 0 Å². The standard InChI is InChI=1S/3ClH.Li/h3*1H;/q;;;+3/p-3. The molecule has 0 saturated heterocycles. The van der Waals surface area contributed by atoms with Crippen LogP contribution >= 0.6 is 29.4 Å². The Hall–Kier alpha value is 1.47. The third-order valence-corrected chi connectivity index (χ3v) is 0. The summed E-state index contributed by atoms with van der Waals surface area (Å²) in [4.78, 5) is 0. The van der Waals surface area contributed by atoms with Crippen molar-refractivity contribution in [2.24, 2.45) is 0 Å². The van der Waals surface area contributed by atoms with Crippen molar-refractivity contribution in [3.63, 3.8) is 0 Å². The van der Waals surface area contributed by atoms with E-state index < -0.39 is 12.5 Å². The summed E-state index contributed by atoms with van der Waals surface area (Å²) in [5.41, 5.74) is 0. The van der Waals surface area contributed by atoms with Crippen LogP contribution in [0.1, 0.15) is 0 Å². The molecule has 0 rings (SSSR count). The Kier molecular flexibility index (Phi) is 3.68. The molecule has 0 aromatic heterocycles. The molecule has 4 heteroatoms. The van der Waals surface area contributed by atoms with Crippen molar-refractivity contribution in [1.29, 1.82) is 0 Å². The van der Waals surface area contributed by atoms with Crippen LogP contribution < -0.4 is 0 Å². The van der Waals surface area contributed by atoms with E-state index in [4.69, 9.17) is 29.4 Å². The average molecular weight is 113 g/mol. The van der Waals surface area contributed by atoms with E-state index in [0.717, 1.165) is 0 Å². The maximum atomic E-state index is 4.97. The van der Waals surface area contributed by atoms with Gasteiger partial charge in [0.05, 0.1) is 0 Å². The van der Waals surface area contributed by atoms with Gasteiger partial charge < -0.3 is 0 Å². The van der Waals surface area contributed by atoms with Gasteiger partial charge in [-0.2, -0.15) is 0 Å². The predicted molar refractivity (Wildman–Crippen MR) is 23.3 cm³/mol. The maximum absolute atomic E-state index is 4.97. The second kappa shape index (κ2) is 2.69. The van der Waals surface area contributed by atoms with Gasteiger partial charge in [0.2, 0.25) is 0 Å². The van der Waals surface area contributed by atoms with Crippen molar-refractivity contribution in [3.05, 3.63) is 0 Å². The van der Waals surface area contributed by atoms with Crippen LogP contribution in [0.2, 0.25) is 0 Å². The fraction of sp³-hybridized carbons (Fsp3) is 0. The molecule has 0 aliphatic carbocycles. The Morgan fingerprint density at radius 3 is 1.00 bits per heavy atom. The van der Waals surface area contributed by atoms with Gasteiger partial charge in [0.25, 0.3) is 0 Å². The summed E-state index contributed by atoms with van der Waals surface area (Å²) >= 11 is -1.92. The first-order valence-corrected chi connectivity index (χ1v) is 3.40. The molecule has 0 atom stereocenters. The zero-order chi connectivity index (χ0) is 3.58. The molecule has 0 fully saturated rings. The van der Waals surface area contributed by atoms with E-state index in [1.807, 2.05) is 0 Å². The molecule has 0 amide bonds. The van der Waals surface area contributed by atoms with Crippen molar-refractivity contribution in [2.75, 3.05) is 0 Å². The summed E-state index contributed by atoms with van der Waals surface area (Å²) in [6.07, 6.45) is 0. The van der Waals surface area contributed by atoms with Gasteiger partial charge in [-0.1, -0.05) is 0 Å². The van der Waals surface area contributed by atoms with E-state index in [1.54, 1.807) is 0 Å². The Bertz CT molecular complexity index is 8.00. The Balaban J connectivity index is 2.32. The van der Waals surface area contributed by atoms with Crippen molar-refractivity contribution in [3.8, 4) is 0 Å². The number of rotatable bonds is 0. The van der Waals surface area contributed by atoms with Gasteiger partial charge in [-0.15, -0.1) is 0 Å². The molecule has 4 radical (unpaired) electrons. The summed E-state index contributed by atoms with van der Waals surface area (Å²) in [7, 11) is 14.9. The van der Waals surface area contributed by atoms with E-state index in [9.17, 15) is 0 Å². The van der Waals surface area contributed by atoms with Crippen molar-refractivity contribution < 1.29 is 0 Å². The summed E-state index contributed by atoms with van der Waals surface area (Å²) in [6.45, 7) is 0. The molecule has 0 aliphatic rings. The van der Waals surface area contributed by atoms with Crippen LogP contribution in [0.15, 0.2) is 0 Å². The number of hydrogen-bond donors (Lipinski definition) is 0. The molecule has 0 aromatic carbocycles. The number of halogens is 3. The second-order valence-electron chi connectivity index (χ2n) is 0.429. The Morgan fingerprint density at radius 1 is 1.00 bits per heavy atom. The zero-order valence-electron chi connectivity index (χ0n) is 2.13. The fourth-order valence-corrected chi connectivity index (χ4v) is 0. The van der Waals surface area contributed by atoms with Gasteiger partial charge in [0.1, 0.15) is 0 Å². The van der Waals surface area contributed by atoms with E-state index in [2.05, 4.69) is 0 Å². The van der Waals surface area contributed by atoms with Gasteiger partial charge in [-0.25, -0.2) is 0 Å². The molecule has 0 unspecified atom stereocenters. The van der Waals surface area contributed by atoms with Crippen LogP contribution in [0, 0.1) is 0 Å². The molecule has 0 bridgehead atoms. The minimum atomic E-state index is -1.92.